The fraction of sp³-hybridized carbons (Fsp3) is 1.00. The molecule has 2 unspecified atom stereocenters. The lowest BCUT2D eigenvalue weighted by Crippen LogP contribution is -2.46. The van der Waals surface area contributed by atoms with Gasteiger partial charge in [0, 0.05) is 43.7 Å². The minimum Gasteiger partial charge on any atom is -0.392 e. The van der Waals surface area contributed by atoms with Gasteiger partial charge in [-0.25, -0.2) is 0 Å². The molecule has 4 heteroatoms. The Morgan fingerprint density at radius 2 is 1.94 bits per heavy atom. The third-order valence-corrected chi connectivity index (χ3v) is 4.61. The molecule has 94 valence electrons. The largest absolute Gasteiger partial charge is 0.392 e. The molecule has 0 bridgehead atoms. The predicted molar refractivity (Wildman–Crippen MR) is 70.0 cm³/mol. The van der Waals surface area contributed by atoms with Gasteiger partial charge >= 0.3 is 0 Å². The predicted octanol–water partition coefficient (Wildman–Crippen LogP) is 0.928. The molecule has 2 atom stereocenters. The SMILES string of the molecule is OC1CCCCC1NCCN1CCSCC1. The van der Waals surface area contributed by atoms with Crippen LogP contribution in [0.15, 0.2) is 0 Å². The Morgan fingerprint density at radius 1 is 1.19 bits per heavy atom. The maximum atomic E-state index is 9.83. The van der Waals surface area contributed by atoms with Crippen molar-refractivity contribution >= 4 is 11.8 Å². The minimum atomic E-state index is -0.106. The Bertz CT molecular complexity index is 197. The monoisotopic (exact) mass is 244 g/mol. The van der Waals surface area contributed by atoms with Crippen LogP contribution in [0.2, 0.25) is 0 Å². The van der Waals surface area contributed by atoms with Crippen LogP contribution in [0.4, 0.5) is 0 Å². The second kappa shape index (κ2) is 6.84. The summed E-state index contributed by atoms with van der Waals surface area (Å²) in [4.78, 5) is 2.53. The molecule has 2 fully saturated rings. The van der Waals surface area contributed by atoms with Crippen LogP contribution in [0.25, 0.3) is 0 Å². The van der Waals surface area contributed by atoms with Crippen LogP contribution in [0.5, 0.6) is 0 Å². The van der Waals surface area contributed by atoms with Crippen molar-refractivity contribution in [2.45, 2.75) is 37.8 Å². The molecule has 1 heterocycles. The van der Waals surface area contributed by atoms with Gasteiger partial charge in [0.15, 0.2) is 0 Å². The highest BCUT2D eigenvalue weighted by Gasteiger charge is 2.22. The van der Waals surface area contributed by atoms with E-state index in [-0.39, 0.29) is 6.10 Å². The van der Waals surface area contributed by atoms with E-state index in [0.29, 0.717) is 6.04 Å². The standard InChI is InChI=1S/C12H24N2OS/c15-12-4-2-1-3-11(12)13-5-6-14-7-9-16-10-8-14/h11-13,15H,1-10H2. The zero-order chi connectivity index (χ0) is 11.2. The third-order valence-electron chi connectivity index (χ3n) is 3.67. The van der Waals surface area contributed by atoms with Gasteiger partial charge < -0.3 is 15.3 Å². The average molecular weight is 244 g/mol. The van der Waals surface area contributed by atoms with Gasteiger partial charge in [0.2, 0.25) is 0 Å². The molecule has 1 saturated heterocycles. The molecule has 0 amide bonds. The molecule has 1 aliphatic carbocycles. The Morgan fingerprint density at radius 3 is 2.69 bits per heavy atom. The minimum absolute atomic E-state index is 0.106. The summed E-state index contributed by atoms with van der Waals surface area (Å²) in [5, 5.41) is 13.3. The molecule has 0 spiro atoms. The van der Waals surface area contributed by atoms with Crippen LogP contribution in [-0.2, 0) is 0 Å². The number of thioether (sulfide) groups is 1. The molecule has 2 N–H and O–H groups in total. The van der Waals surface area contributed by atoms with E-state index in [1.807, 2.05) is 0 Å². The Labute approximate surface area is 103 Å². The van der Waals surface area contributed by atoms with Crippen LogP contribution >= 0.6 is 11.8 Å². The number of hydrogen-bond donors (Lipinski definition) is 2. The van der Waals surface area contributed by atoms with Gasteiger partial charge in [-0.05, 0) is 12.8 Å². The van der Waals surface area contributed by atoms with Crippen molar-refractivity contribution in [2.24, 2.45) is 0 Å². The molecule has 16 heavy (non-hydrogen) atoms. The van der Waals surface area contributed by atoms with Crippen molar-refractivity contribution < 1.29 is 5.11 Å². The van der Waals surface area contributed by atoms with E-state index in [9.17, 15) is 5.11 Å². The number of hydrogen-bond acceptors (Lipinski definition) is 4. The van der Waals surface area contributed by atoms with Crippen LogP contribution in [0, 0.1) is 0 Å². The highest BCUT2D eigenvalue weighted by molar-refractivity contribution is 7.99. The number of rotatable bonds is 4. The number of nitrogens with one attached hydrogen (secondary N) is 1. The molecule has 2 rings (SSSR count). The fourth-order valence-corrected chi connectivity index (χ4v) is 3.56. The van der Waals surface area contributed by atoms with E-state index < -0.39 is 0 Å². The third kappa shape index (κ3) is 3.91. The summed E-state index contributed by atoms with van der Waals surface area (Å²) in [6.45, 7) is 4.65. The molecule has 0 radical (unpaired) electrons. The fourth-order valence-electron chi connectivity index (χ4n) is 2.58. The summed E-state index contributed by atoms with van der Waals surface area (Å²) in [7, 11) is 0. The molecule has 3 nitrogen and oxygen atoms in total. The van der Waals surface area contributed by atoms with E-state index >= 15 is 0 Å². The van der Waals surface area contributed by atoms with Crippen molar-refractivity contribution in [2.75, 3.05) is 37.7 Å². The van der Waals surface area contributed by atoms with Crippen LogP contribution in [-0.4, -0.2) is 59.8 Å². The zero-order valence-electron chi connectivity index (χ0n) is 10.0. The zero-order valence-corrected chi connectivity index (χ0v) is 10.8. The number of aliphatic hydroxyl groups is 1. The van der Waals surface area contributed by atoms with E-state index in [0.717, 1.165) is 25.9 Å². The van der Waals surface area contributed by atoms with Crippen molar-refractivity contribution in [3.8, 4) is 0 Å². The van der Waals surface area contributed by atoms with E-state index in [1.165, 1.54) is 37.4 Å². The molecule has 1 aliphatic heterocycles. The Balaban J connectivity index is 1.59. The molecule has 0 aromatic rings. The lowest BCUT2D eigenvalue weighted by Gasteiger charge is -2.31. The smallest absolute Gasteiger partial charge is 0.0693 e. The number of aliphatic hydroxyl groups excluding tert-OH is 1. The quantitative estimate of drug-likeness (QED) is 0.771. The second-order valence-electron chi connectivity index (χ2n) is 4.87. The number of nitrogens with zero attached hydrogens (tertiary/aromatic N) is 1. The lowest BCUT2D eigenvalue weighted by atomic mass is 9.93. The van der Waals surface area contributed by atoms with Gasteiger partial charge in [0.1, 0.15) is 0 Å². The summed E-state index contributed by atoms with van der Waals surface area (Å²) >= 11 is 2.06. The van der Waals surface area contributed by atoms with E-state index in [1.54, 1.807) is 0 Å². The van der Waals surface area contributed by atoms with Crippen LogP contribution in [0.3, 0.4) is 0 Å². The molecular weight excluding hydrogens is 220 g/mol. The van der Waals surface area contributed by atoms with Gasteiger partial charge in [0.05, 0.1) is 6.10 Å². The maximum absolute atomic E-state index is 9.83. The molecule has 2 aliphatic rings. The van der Waals surface area contributed by atoms with Gasteiger partial charge in [-0.3, -0.25) is 0 Å². The summed E-state index contributed by atoms with van der Waals surface area (Å²) in [5.74, 6) is 2.57. The highest BCUT2D eigenvalue weighted by atomic mass is 32.2. The highest BCUT2D eigenvalue weighted by Crippen LogP contribution is 2.18. The van der Waals surface area contributed by atoms with E-state index in [4.69, 9.17) is 0 Å². The van der Waals surface area contributed by atoms with Gasteiger partial charge in [0.25, 0.3) is 0 Å². The molecule has 1 saturated carbocycles. The molecular formula is C12H24N2OS. The summed E-state index contributed by atoms with van der Waals surface area (Å²) in [6.07, 6.45) is 4.50. The molecule has 0 aromatic heterocycles. The first-order chi connectivity index (χ1) is 7.86. The lowest BCUT2D eigenvalue weighted by molar-refractivity contribution is 0.0895. The van der Waals surface area contributed by atoms with E-state index in [2.05, 4.69) is 22.0 Å². The summed E-state index contributed by atoms with van der Waals surface area (Å²) in [6, 6.07) is 0.355. The topological polar surface area (TPSA) is 35.5 Å². The first-order valence-electron chi connectivity index (χ1n) is 6.58. The van der Waals surface area contributed by atoms with Crippen LogP contribution < -0.4 is 5.32 Å². The van der Waals surface area contributed by atoms with Crippen molar-refractivity contribution in [1.29, 1.82) is 0 Å². The normalized spacial score (nSPS) is 32.8. The van der Waals surface area contributed by atoms with Gasteiger partial charge in [-0.2, -0.15) is 11.8 Å². The van der Waals surface area contributed by atoms with Gasteiger partial charge in [-0.15, -0.1) is 0 Å². The van der Waals surface area contributed by atoms with Crippen molar-refractivity contribution in [3.05, 3.63) is 0 Å². The second-order valence-corrected chi connectivity index (χ2v) is 6.09. The van der Waals surface area contributed by atoms with Crippen molar-refractivity contribution in [1.82, 2.24) is 10.2 Å². The first-order valence-corrected chi connectivity index (χ1v) is 7.73. The molecule has 0 aromatic carbocycles. The van der Waals surface area contributed by atoms with Crippen molar-refractivity contribution in [3.63, 3.8) is 0 Å². The summed E-state index contributed by atoms with van der Waals surface area (Å²) in [5.41, 5.74) is 0. The average Bonchev–Trinajstić information content (AvgIpc) is 2.33. The first kappa shape index (κ1) is 12.7. The Kier molecular flexibility index (Phi) is 5.42. The Hall–Kier alpha value is 0.230. The maximum Gasteiger partial charge on any atom is 0.0693 e. The van der Waals surface area contributed by atoms with Crippen LogP contribution in [0.1, 0.15) is 25.7 Å². The summed E-state index contributed by atoms with van der Waals surface area (Å²) < 4.78 is 0. The van der Waals surface area contributed by atoms with Gasteiger partial charge in [-0.1, -0.05) is 12.8 Å².